The summed E-state index contributed by atoms with van der Waals surface area (Å²) in [5.41, 5.74) is 9.44. The Morgan fingerprint density at radius 2 is 0.837 bits per heavy atom. The molecule has 0 amide bonds. The molecule has 5 nitrogen and oxygen atoms in total. The maximum absolute atomic E-state index is 5.06. The SMILES string of the molecule is c1ccc(-c2cc(-c3ccc4c(c3)c3ccccc3n4-c3ccccn3)cc(-c3nc(-c4ccccc4)nc(-c4ccccc4)n3)c2)cc1. The van der Waals surface area contributed by atoms with Gasteiger partial charge in [-0.2, -0.15) is 0 Å². The zero-order valence-corrected chi connectivity index (χ0v) is 26.5. The lowest BCUT2D eigenvalue weighted by molar-refractivity contribution is 1.07. The van der Waals surface area contributed by atoms with Gasteiger partial charge in [0, 0.05) is 33.7 Å². The summed E-state index contributed by atoms with van der Waals surface area (Å²) >= 11 is 0. The zero-order valence-electron chi connectivity index (χ0n) is 26.5. The molecule has 0 spiro atoms. The number of benzene rings is 6. The molecule has 3 heterocycles. The molecule has 49 heavy (non-hydrogen) atoms. The minimum atomic E-state index is 0.625. The van der Waals surface area contributed by atoms with Gasteiger partial charge in [0.05, 0.1) is 11.0 Å². The third-order valence-corrected chi connectivity index (χ3v) is 8.88. The first kappa shape index (κ1) is 28.5. The van der Waals surface area contributed by atoms with Gasteiger partial charge < -0.3 is 0 Å². The lowest BCUT2D eigenvalue weighted by Crippen LogP contribution is -2.00. The van der Waals surface area contributed by atoms with E-state index in [1.807, 2.05) is 85.1 Å². The first-order chi connectivity index (χ1) is 24.3. The Hall–Kier alpha value is -6.72. The Morgan fingerprint density at radius 1 is 0.327 bits per heavy atom. The summed E-state index contributed by atoms with van der Waals surface area (Å²) in [6.07, 6.45) is 1.84. The van der Waals surface area contributed by atoms with Crippen LogP contribution in [0.4, 0.5) is 0 Å². The predicted octanol–water partition coefficient (Wildman–Crippen LogP) is 10.7. The second-order valence-corrected chi connectivity index (χ2v) is 12.0. The topological polar surface area (TPSA) is 56.5 Å². The molecular weight excluding hydrogens is 599 g/mol. The number of rotatable bonds is 6. The van der Waals surface area contributed by atoms with Crippen molar-refractivity contribution < 1.29 is 0 Å². The van der Waals surface area contributed by atoms with Crippen molar-refractivity contribution in [2.24, 2.45) is 0 Å². The highest BCUT2D eigenvalue weighted by Crippen LogP contribution is 2.37. The van der Waals surface area contributed by atoms with Crippen molar-refractivity contribution >= 4 is 21.8 Å². The van der Waals surface area contributed by atoms with Crippen LogP contribution in [0.25, 0.3) is 84.0 Å². The average molecular weight is 628 g/mol. The van der Waals surface area contributed by atoms with Gasteiger partial charge in [-0.3, -0.25) is 4.57 Å². The summed E-state index contributed by atoms with van der Waals surface area (Å²) in [7, 11) is 0. The van der Waals surface area contributed by atoms with E-state index in [0.29, 0.717) is 17.5 Å². The fourth-order valence-corrected chi connectivity index (χ4v) is 6.54. The Labute approximate surface area is 283 Å². The Bertz CT molecular complexity index is 2520. The van der Waals surface area contributed by atoms with Crippen LogP contribution < -0.4 is 0 Å². The lowest BCUT2D eigenvalue weighted by Gasteiger charge is -2.13. The summed E-state index contributed by atoms with van der Waals surface area (Å²) in [5.74, 6) is 2.80. The first-order valence-corrected chi connectivity index (χ1v) is 16.3. The molecule has 0 aliphatic heterocycles. The third kappa shape index (κ3) is 5.33. The summed E-state index contributed by atoms with van der Waals surface area (Å²) in [6.45, 7) is 0. The molecule has 6 aromatic carbocycles. The highest BCUT2D eigenvalue weighted by atomic mass is 15.1. The van der Waals surface area contributed by atoms with Crippen molar-refractivity contribution in [3.05, 3.63) is 176 Å². The van der Waals surface area contributed by atoms with Crippen LogP contribution >= 0.6 is 0 Å². The predicted molar refractivity (Wildman–Crippen MR) is 199 cm³/mol. The fraction of sp³-hybridized carbons (Fsp3) is 0. The molecule has 0 N–H and O–H groups in total. The molecule has 0 saturated heterocycles. The van der Waals surface area contributed by atoms with E-state index < -0.39 is 0 Å². The van der Waals surface area contributed by atoms with E-state index in [1.54, 1.807) is 0 Å². The van der Waals surface area contributed by atoms with E-state index >= 15 is 0 Å². The molecule has 0 atom stereocenters. The van der Waals surface area contributed by atoms with Crippen molar-refractivity contribution in [2.75, 3.05) is 0 Å². The first-order valence-electron chi connectivity index (χ1n) is 16.3. The Balaban J connectivity index is 1.26. The van der Waals surface area contributed by atoms with Gasteiger partial charge in [-0.05, 0) is 70.8 Å². The lowest BCUT2D eigenvalue weighted by atomic mass is 9.95. The van der Waals surface area contributed by atoms with Gasteiger partial charge in [-0.15, -0.1) is 0 Å². The van der Waals surface area contributed by atoms with Crippen LogP contribution in [0.3, 0.4) is 0 Å². The summed E-state index contributed by atoms with van der Waals surface area (Å²) in [4.78, 5) is 19.7. The maximum atomic E-state index is 5.06. The van der Waals surface area contributed by atoms with E-state index in [1.165, 1.54) is 10.8 Å². The Kier molecular flexibility index (Phi) is 7.06. The highest BCUT2D eigenvalue weighted by molar-refractivity contribution is 6.10. The van der Waals surface area contributed by atoms with Gasteiger partial charge in [-0.1, -0.05) is 121 Å². The van der Waals surface area contributed by atoms with Crippen molar-refractivity contribution in [1.29, 1.82) is 0 Å². The van der Waals surface area contributed by atoms with Gasteiger partial charge >= 0.3 is 0 Å². The molecule has 9 aromatic rings. The van der Waals surface area contributed by atoms with Gasteiger partial charge in [0.1, 0.15) is 5.82 Å². The van der Waals surface area contributed by atoms with Crippen LogP contribution in [0.2, 0.25) is 0 Å². The van der Waals surface area contributed by atoms with Crippen LogP contribution in [0.5, 0.6) is 0 Å². The number of pyridine rings is 1. The smallest absolute Gasteiger partial charge is 0.164 e. The largest absolute Gasteiger partial charge is 0.294 e. The molecule has 9 rings (SSSR count). The Morgan fingerprint density at radius 3 is 1.47 bits per heavy atom. The zero-order chi connectivity index (χ0) is 32.6. The van der Waals surface area contributed by atoms with Crippen LogP contribution in [0.15, 0.2) is 176 Å². The molecule has 5 heteroatoms. The van der Waals surface area contributed by atoms with Crippen molar-refractivity contribution in [2.45, 2.75) is 0 Å². The monoisotopic (exact) mass is 627 g/mol. The molecule has 0 radical (unpaired) electrons. The van der Waals surface area contributed by atoms with E-state index in [9.17, 15) is 0 Å². The summed E-state index contributed by atoms with van der Waals surface area (Å²) < 4.78 is 2.24. The molecule has 0 saturated carbocycles. The maximum Gasteiger partial charge on any atom is 0.164 e. The van der Waals surface area contributed by atoms with Gasteiger partial charge in [0.25, 0.3) is 0 Å². The van der Waals surface area contributed by atoms with E-state index in [-0.39, 0.29) is 0 Å². The minimum absolute atomic E-state index is 0.625. The molecule has 230 valence electrons. The molecule has 0 aliphatic carbocycles. The number of hydrogen-bond acceptors (Lipinski definition) is 4. The summed E-state index contributed by atoms with van der Waals surface area (Å²) in [5, 5.41) is 2.35. The molecular formula is C44H29N5. The number of para-hydroxylation sites is 1. The molecule has 0 fully saturated rings. The quantitative estimate of drug-likeness (QED) is 0.184. The van der Waals surface area contributed by atoms with E-state index in [4.69, 9.17) is 19.9 Å². The number of aromatic nitrogens is 5. The average Bonchev–Trinajstić information content (AvgIpc) is 3.52. The standard InChI is InChI=1S/C44H29N5/c1-4-14-30(15-5-1)34-26-35(33-23-24-40-38(29-33)37-20-10-11-21-39(37)49(40)41-22-12-13-25-45-41)28-36(27-34)44-47-42(31-16-6-2-7-17-31)46-43(48-44)32-18-8-3-9-19-32/h1-29H. The third-order valence-electron chi connectivity index (χ3n) is 8.88. The van der Waals surface area contributed by atoms with Gasteiger partial charge in [0.15, 0.2) is 17.5 Å². The normalized spacial score (nSPS) is 11.3. The van der Waals surface area contributed by atoms with Crippen molar-refractivity contribution in [3.63, 3.8) is 0 Å². The van der Waals surface area contributed by atoms with Gasteiger partial charge in [0.2, 0.25) is 0 Å². The second kappa shape index (κ2) is 12.1. The van der Waals surface area contributed by atoms with Crippen LogP contribution in [-0.2, 0) is 0 Å². The molecule has 3 aromatic heterocycles. The van der Waals surface area contributed by atoms with Gasteiger partial charge in [-0.25, -0.2) is 19.9 Å². The molecule has 0 unspecified atom stereocenters. The van der Waals surface area contributed by atoms with Crippen molar-refractivity contribution in [3.8, 4) is 62.2 Å². The number of fused-ring (bicyclic) bond motifs is 3. The highest BCUT2D eigenvalue weighted by Gasteiger charge is 2.17. The second-order valence-electron chi connectivity index (χ2n) is 12.0. The number of nitrogens with zero attached hydrogens (tertiary/aromatic N) is 5. The summed E-state index contributed by atoms with van der Waals surface area (Å²) in [6, 6.07) is 58.6. The van der Waals surface area contributed by atoms with Crippen LogP contribution in [0, 0.1) is 0 Å². The van der Waals surface area contributed by atoms with E-state index in [2.05, 4.69) is 95.6 Å². The fourth-order valence-electron chi connectivity index (χ4n) is 6.54. The van der Waals surface area contributed by atoms with E-state index in [0.717, 1.165) is 55.8 Å². The van der Waals surface area contributed by atoms with Crippen LogP contribution in [0.1, 0.15) is 0 Å². The van der Waals surface area contributed by atoms with Crippen molar-refractivity contribution in [1.82, 2.24) is 24.5 Å². The van der Waals surface area contributed by atoms with Crippen LogP contribution in [-0.4, -0.2) is 24.5 Å². The molecule has 0 aliphatic rings. The number of hydrogen-bond donors (Lipinski definition) is 0. The minimum Gasteiger partial charge on any atom is -0.294 e. The molecule has 0 bridgehead atoms.